The topological polar surface area (TPSA) is 0 Å². The molecule has 0 aromatic rings. The SMILES string of the molecule is [CH2-]/C=C/C.[Cl-].[Cl][Zn+].[Li+]. The molecule has 0 amide bonds. The number of rotatable bonds is 0. The first-order valence-corrected chi connectivity index (χ1v) is 5.49. The van der Waals surface area contributed by atoms with Gasteiger partial charge >= 0.3 is 45.9 Å². The monoisotopic (exact) mass is 196 g/mol. The van der Waals surface area contributed by atoms with Crippen LogP contribution in [-0.4, -0.2) is 0 Å². The molecule has 0 N–H and O–H groups in total. The van der Waals surface area contributed by atoms with E-state index < -0.39 is 0 Å². The Labute approximate surface area is 83.7 Å². The molecule has 0 aliphatic rings. The number of hydrogen-bond acceptors (Lipinski definition) is 0. The predicted molar refractivity (Wildman–Crippen MR) is 26.0 cm³/mol. The van der Waals surface area contributed by atoms with E-state index in [2.05, 4.69) is 6.92 Å². The van der Waals surface area contributed by atoms with Crippen LogP contribution in [0.5, 0.6) is 0 Å². The molecule has 0 radical (unpaired) electrons. The van der Waals surface area contributed by atoms with E-state index in [0.29, 0.717) is 0 Å². The minimum atomic E-state index is 0. The Balaban J connectivity index is -0.0000000183. The first-order chi connectivity index (χ1) is 2.91. The fraction of sp³-hybridized carbons (Fsp3) is 0.250. The maximum Gasteiger partial charge on any atom is 1.00 e. The van der Waals surface area contributed by atoms with Crippen molar-refractivity contribution in [1.29, 1.82) is 0 Å². The Morgan fingerprint density at radius 2 is 1.62 bits per heavy atom. The molecule has 0 rings (SSSR count). The average molecular weight is 198 g/mol. The predicted octanol–water partition coefficient (Wildman–Crippen LogP) is -3.91. The molecule has 0 atom stereocenters. The maximum atomic E-state index is 4.76. The van der Waals surface area contributed by atoms with Crippen LogP contribution < -0.4 is 31.3 Å². The zero-order chi connectivity index (χ0) is 5.41. The second kappa shape index (κ2) is 39.7. The molecular formula is C4H7Cl2LiZn. The normalized spacial score (nSPS) is 5.50. The summed E-state index contributed by atoms with van der Waals surface area (Å²) < 4.78 is 0. The van der Waals surface area contributed by atoms with E-state index in [4.69, 9.17) is 9.69 Å². The molecule has 0 nitrogen and oxygen atoms in total. The van der Waals surface area contributed by atoms with Gasteiger partial charge in [-0.25, -0.2) is 19.1 Å². The largest absolute Gasteiger partial charge is 1.00 e. The van der Waals surface area contributed by atoms with Gasteiger partial charge in [-0.2, -0.15) is 0 Å². The van der Waals surface area contributed by atoms with Crippen molar-refractivity contribution in [3.63, 3.8) is 0 Å². The average Bonchev–Trinajstić information content (AvgIpc) is 1.72. The third kappa shape index (κ3) is 52.4. The first kappa shape index (κ1) is 22.7. The molecule has 8 heavy (non-hydrogen) atoms. The second-order valence-corrected chi connectivity index (χ2v) is 0.569. The number of hydrogen-bond donors (Lipinski definition) is 0. The van der Waals surface area contributed by atoms with Gasteiger partial charge in [0, 0.05) is 0 Å². The van der Waals surface area contributed by atoms with Crippen molar-refractivity contribution in [2.24, 2.45) is 0 Å². The Morgan fingerprint density at radius 3 is 1.62 bits per heavy atom. The maximum absolute atomic E-state index is 4.76. The van der Waals surface area contributed by atoms with Crippen molar-refractivity contribution in [3.05, 3.63) is 19.1 Å². The van der Waals surface area contributed by atoms with E-state index in [1.807, 2.05) is 13.0 Å². The summed E-state index contributed by atoms with van der Waals surface area (Å²) >= 11 is 0.847. The van der Waals surface area contributed by atoms with Crippen LogP contribution in [0, 0.1) is 6.92 Å². The van der Waals surface area contributed by atoms with Gasteiger partial charge in [-0.1, -0.05) is 0 Å². The van der Waals surface area contributed by atoms with Crippen molar-refractivity contribution >= 4 is 9.69 Å². The van der Waals surface area contributed by atoms with E-state index in [1.54, 1.807) is 6.08 Å². The molecule has 0 aliphatic carbocycles. The van der Waals surface area contributed by atoms with Gasteiger partial charge < -0.3 is 12.4 Å². The number of allylic oxidation sites excluding steroid dienone is 2. The Kier molecular flexibility index (Phi) is 113. The van der Waals surface area contributed by atoms with E-state index in [-0.39, 0.29) is 31.3 Å². The fourth-order valence-corrected chi connectivity index (χ4v) is 0. The van der Waals surface area contributed by atoms with Crippen molar-refractivity contribution in [2.75, 3.05) is 0 Å². The summed E-state index contributed by atoms with van der Waals surface area (Å²) in [5.41, 5.74) is 0. The smallest absolute Gasteiger partial charge is 1.00 e. The van der Waals surface area contributed by atoms with Gasteiger partial charge in [0.25, 0.3) is 0 Å². The van der Waals surface area contributed by atoms with Crippen LogP contribution in [0.2, 0.25) is 0 Å². The molecule has 0 aliphatic heterocycles. The molecular weight excluding hydrogens is 191 g/mol. The quantitative estimate of drug-likeness (QED) is 0.276. The minimum Gasteiger partial charge on any atom is 1.00 e. The molecule has 0 saturated heterocycles. The molecule has 0 saturated carbocycles. The summed E-state index contributed by atoms with van der Waals surface area (Å²) in [6.07, 6.45) is 3.64. The van der Waals surface area contributed by atoms with E-state index in [0.717, 1.165) is 17.3 Å². The van der Waals surface area contributed by atoms with Gasteiger partial charge in [-0.05, 0) is 0 Å². The summed E-state index contributed by atoms with van der Waals surface area (Å²) in [7, 11) is 4.76. The molecule has 0 fully saturated rings. The number of halogens is 2. The van der Waals surface area contributed by atoms with Gasteiger partial charge in [0.2, 0.25) is 0 Å². The molecule has 0 spiro atoms. The third-order valence-electron chi connectivity index (χ3n) is 0.236. The van der Waals surface area contributed by atoms with Crippen LogP contribution in [0.3, 0.4) is 0 Å². The standard InChI is InChI=1S/C4H7.2ClH.Li.Zn/c1-3-4-2;;;;/h3-4H,1H2,2H3;2*1H;;/q-1;;;+1;+2/p-2/b4-3+;;;;. The second-order valence-electron chi connectivity index (χ2n) is 0.569. The third-order valence-corrected chi connectivity index (χ3v) is 0.236. The zero-order valence-corrected chi connectivity index (χ0v) is 9.80. The molecule has 0 bridgehead atoms. The summed E-state index contributed by atoms with van der Waals surface area (Å²) in [6.45, 7) is 5.36. The van der Waals surface area contributed by atoms with E-state index in [9.17, 15) is 0 Å². The summed E-state index contributed by atoms with van der Waals surface area (Å²) in [6, 6.07) is 0. The molecule has 4 heteroatoms. The van der Waals surface area contributed by atoms with Crippen LogP contribution in [0.25, 0.3) is 0 Å². The van der Waals surface area contributed by atoms with Crippen molar-refractivity contribution in [2.45, 2.75) is 6.92 Å². The summed E-state index contributed by atoms with van der Waals surface area (Å²) in [4.78, 5) is 0. The van der Waals surface area contributed by atoms with Crippen LogP contribution >= 0.6 is 9.69 Å². The fourth-order valence-electron chi connectivity index (χ4n) is 0. The van der Waals surface area contributed by atoms with Crippen molar-refractivity contribution in [1.82, 2.24) is 0 Å². The van der Waals surface area contributed by atoms with Gasteiger partial charge in [0.1, 0.15) is 0 Å². The Hall–Kier alpha value is 1.41. The van der Waals surface area contributed by atoms with Crippen LogP contribution in [-0.2, 0) is 17.3 Å². The Morgan fingerprint density at radius 1 is 1.50 bits per heavy atom. The molecule has 0 aromatic carbocycles. The van der Waals surface area contributed by atoms with Gasteiger partial charge in [-0.3, -0.25) is 0 Å². The van der Waals surface area contributed by atoms with Gasteiger partial charge in [0.15, 0.2) is 0 Å². The molecule has 0 aromatic heterocycles. The summed E-state index contributed by atoms with van der Waals surface area (Å²) in [5.74, 6) is 0. The van der Waals surface area contributed by atoms with Crippen LogP contribution in [0.4, 0.5) is 0 Å². The Bertz CT molecular complexity index is 29.2. The van der Waals surface area contributed by atoms with E-state index >= 15 is 0 Å². The zero-order valence-electron chi connectivity index (χ0n) is 5.32. The molecule has 0 unspecified atom stereocenters. The van der Waals surface area contributed by atoms with Crippen molar-refractivity contribution < 1.29 is 48.6 Å². The van der Waals surface area contributed by atoms with Crippen LogP contribution in [0.15, 0.2) is 12.2 Å². The summed E-state index contributed by atoms with van der Waals surface area (Å²) in [5, 5.41) is 0. The first-order valence-electron chi connectivity index (χ1n) is 1.59. The van der Waals surface area contributed by atoms with Crippen molar-refractivity contribution in [3.8, 4) is 0 Å². The van der Waals surface area contributed by atoms with Crippen LogP contribution in [0.1, 0.15) is 6.92 Å². The molecule has 40 valence electrons. The van der Waals surface area contributed by atoms with Gasteiger partial charge in [-0.15, -0.1) is 6.92 Å². The van der Waals surface area contributed by atoms with E-state index in [1.165, 1.54) is 0 Å². The minimum absolute atomic E-state index is 0. The molecule has 0 heterocycles. The van der Waals surface area contributed by atoms with Gasteiger partial charge in [0.05, 0.1) is 0 Å².